The van der Waals surface area contributed by atoms with Gasteiger partial charge < -0.3 is 24.4 Å². The zero-order chi connectivity index (χ0) is 26.3. The van der Waals surface area contributed by atoms with E-state index >= 15 is 0 Å². The molecule has 0 fully saturated rings. The Morgan fingerprint density at radius 2 is 1.82 bits per heavy atom. The van der Waals surface area contributed by atoms with Crippen LogP contribution in [0.4, 0.5) is 0 Å². The van der Waals surface area contributed by atoms with Gasteiger partial charge in [0, 0.05) is 6.42 Å². The summed E-state index contributed by atoms with van der Waals surface area (Å²) < 4.78 is 19.6. The number of fused-ring (bicyclic) bond motifs is 2. The van der Waals surface area contributed by atoms with Gasteiger partial charge in [0.2, 0.25) is 18.4 Å². The van der Waals surface area contributed by atoms with Gasteiger partial charge in [0.05, 0.1) is 26.3 Å². The highest BCUT2D eigenvalue weighted by atomic mass is 16.7. The van der Waals surface area contributed by atoms with E-state index < -0.39 is 11.9 Å². The minimum absolute atomic E-state index is 0.107. The molecule has 0 radical (unpaired) electrons. The lowest BCUT2D eigenvalue weighted by atomic mass is 9.87. The van der Waals surface area contributed by atoms with Gasteiger partial charge in [-0.2, -0.15) is 0 Å². The summed E-state index contributed by atoms with van der Waals surface area (Å²) in [5.74, 6) is 1.97. The monoisotopic (exact) mass is 513 g/mol. The molecule has 2 aliphatic heterocycles. The maximum Gasteiger partial charge on any atom is 0.272 e. The second kappa shape index (κ2) is 9.46. The molecule has 3 heterocycles. The molecule has 10 nitrogen and oxygen atoms in total. The van der Waals surface area contributed by atoms with Crippen LogP contribution in [-0.2, 0) is 11.2 Å². The molecular weight excluding hydrogens is 484 g/mol. The van der Waals surface area contributed by atoms with Crippen LogP contribution in [0, 0.1) is 0 Å². The van der Waals surface area contributed by atoms with Crippen LogP contribution in [0.5, 0.6) is 17.2 Å². The predicted octanol–water partition coefficient (Wildman–Crippen LogP) is 2.63. The minimum Gasteiger partial charge on any atom is -0.492 e. The molecule has 194 valence electrons. The zero-order valence-electron chi connectivity index (χ0n) is 21.3. The fourth-order valence-corrected chi connectivity index (χ4v) is 5.85. The largest absolute Gasteiger partial charge is 0.492 e. The number of tetrazole rings is 1. The number of quaternary nitrogens is 1. The molecule has 2 atom stereocenters. The van der Waals surface area contributed by atoms with Crippen LogP contribution in [-0.4, -0.2) is 64.6 Å². The smallest absolute Gasteiger partial charge is 0.272 e. The van der Waals surface area contributed by atoms with Crippen LogP contribution in [0.1, 0.15) is 40.2 Å². The van der Waals surface area contributed by atoms with Gasteiger partial charge in [-0.1, -0.05) is 60.7 Å². The Morgan fingerprint density at radius 1 is 1.13 bits per heavy atom. The second-order valence-electron chi connectivity index (χ2n) is 9.90. The molecule has 0 aliphatic carbocycles. The fraction of sp³-hybridized carbons (Fsp3) is 0.286. The Bertz CT molecular complexity index is 1440. The number of ether oxygens (including phenoxy) is 3. The van der Waals surface area contributed by atoms with Crippen molar-refractivity contribution in [2.24, 2.45) is 5.73 Å². The maximum absolute atomic E-state index is 12.4. The lowest BCUT2D eigenvalue weighted by Gasteiger charge is -2.44. The number of benzene rings is 3. The lowest BCUT2D eigenvalue weighted by Crippen LogP contribution is -2.56. The number of nitrogens with zero attached hydrogens (tertiary/aromatic N) is 5. The van der Waals surface area contributed by atoms with Gasteiger partial charge in [-0.05, 0) is 33.2 Å². The number of primary amides is 1. The first kappa shape index (κ1) is 23.9. The van der Waals surface area contributed by atoms with E-state index in [0.29, 0.717) is 36.0 Å². The number of carbonyl (C=O) groups excluding carboxylic acids is 1. The van der Waals surface area contributed by atoms with Gasteiger partial charge in [-0.3, -0.25) is 4.79 Å². The molecule has 1 aromatic heterocycles. The van der Waals surface area contributed by atoms with Gasteiger partial charge in [0.1, 0.15) is 6.04 Å². The standard InChI is InChI=1S/C28H28N6O4/c1-34(16-22(29)35)14-13-20-15-21-26(38-17-37-21)27(36-2)23(20)25(34)28-30-31-32-33(28)24(18-9-5-3-6-10-18)19-11-7-4-8-12-19/h3-12,15,24-25H,13-14,16-17H2,1-2H3,(H-,29,35)/p+1/t25-,34+/m0/s1. The summed E-state index contributed by atoms with van der Waals surface area (Å²) in [6.45, 7) is 0.877. The fourth-order valence-electron chi connectivity index (χ4n) is 5.85. The van der Waals surface area contributed by atoms with E-state index in [0.717, 1.165) is 22.3 Å². The summed E-state index contributed by atoms with van der Waals surface area (Å²) in [5, 5.41) is 13.3. The third-order valence-electron chi connectivity index (χ3n) is 7.49. The first-order chi connectivity index (χ1) is 18.5. The number of hydrogen-bond donors (Lipinski definition) is 1. The van der Waals surface area contributed by atoms with E-state index in [2.05, 4.69) is 39.8 Å². The summed E-state index contributed by atoms with van der Waals surface area (Å²) in [4.78, 5) is 12.4. The van der Waals surface area contributed by atoms with E-state index in [1.165, 1.54) is 0 Å². The van der Waals surface area contributed by atoms with E-state index in [-0.39, 0.29) is 23.9 Å². The highest BCUT2D eigenvalue weighted by Gasteiger charge is 2.48. The lowest BCUT2D eigenvalue weighted by molar-refractivity contribution is -0.929. The van der Waals surface area contributed by atoms with Gasteiger partial charge in [-0.15, -0.1) is 5.10 Å². The van der Waals surface area contributed by atoms with Crippen LogP contribution in [0.25, 0.3) is 0 Å². The van der Waals surface area contributed by atoms with E-state index in [9.17, 15) is 4.79 Å². The number of methoxy groups -OCH3 is 1. The first-order valence-corrected chi connectivity index (χ1v) is 12.5. The molecule has 0 spiro atoms. The van der Waals surface area contributed by atoms with Crippen LogP contribution in [0.3, 0.4) is 0 Å². The van der Waals surface area contributed by atoms with Crippen LogP contribution >= 0.6 is 0 Å². The molecule has 3 aromatic carbocycles. The average molecular weight is 514 g/mol. The third-order valence-corrected chi connectivity index (χ3v) is 7.49. The van der Waals surface area contributed by atoms with Crippen molar-refractivity contribution in [1.82, 2.24) is 20.2 Å². The van der Waals surface area contributed by atoms with Crippen molar-refractivity contribution in [3.8, 4) is 17.2 Å². The third kappa shape index (κ3) is 3.93. The summed E-state index contributed by atoms with van der Waals surface area (Å²) in [6, 6.07) is 21.5. The maximum atomic E-state index is 12.4. The number of aromatic nitrogens is 4. The van der Waals surface area contributed by atoms with E-state index in [4.69, 9.17) is 19.9 Å². The molecule has 0 saturated carbocycles. The average Bonchev–Trinajstić information content (AvgIpc) is 3.58. The first-order valence-electron chi connectivity index (χ1n) is 12.5. The molecular formula is C28H29N6O4+. The predicted molar refractivity (Wildman–Crippen MR) is 138 cm³/mol. The number of amides is 1. The summed E-state index contributed by atoms with van der Waals surface area (Å²) >= 11 is 0. The van der Waals surface area contributed by atoms with Crippen molar-refractivity contribution in [2.75, 3.05) is 34.0 Å². The number of rotatable bonds is 7. The highest BCUT2D eigenvalue weighted by molar-refractivity contribution is 5.75. The van der Waals surface area contributed by atoms with Gasteiger partial charge in [0.25, 0.3) is 5.91 Å². The molecule has 0 saturated heterocycles. The molecule has 2 N–H and O–H groups in total. The summed E-state index contributed by atoms with van der Waals surface area (Å²) in [6.07, 6.45) is 0.699. The molecule has 0 unspecified atom stereocenters. The van der Waals surface area contributed by atoms with Gasteiger partial charge >= 0.3 is 0 Å². The molecule has 0 bridgehead atoms. The Balaban J connectivity index is 1.60. The van der Waals surface area contributed by atoms with Crippen LogP contribution in [0.15, 0.2) is 66.7 Å². The van der Waals surface area contributed by atoms with Crippen molar-refractivity contribution >= 4 is 5.91 Å². The quantitative estimate of drug-likeness (QED) is 0.378. The number of likely N-dealkylation sites (N-methyl/N-ethyl adjacent to an activating group) is 1. The summed E-state index contributed by atoms with van der Waals surface area (Å²) in [7, 11) is 3.63. The molecule has 6 rings (SSSR count). The number of nitrogens with two attached hydrogens (primary N) is 1. The number of hydrogen-bond acceptors (Lipinski definition) is 7. The van der Waals surface area contributed by atoms with E-state index in [1.54, 1.807) is 7.11 Å². The molecule has 2 aliphatic rings. The van der Waals surface area contributed by atoms with Crippen molar-refractivity contribution in [1.29, 1.82) is 0 Å². The highest BCUT2D eigenvalue weighted by Crippen LogP contribution is 2.52. The summed E-state index contributed by atoms with van der Waals surface area (Å²) in [5.41, 5.74) is 9.78. The Labute approximate surface area is 220 Å². The molecule has 38 heavy (non-hydrogen) atoms. The van der Waals surface area contributed by atoms with Crippen molar-refractivity contribution in [3.05, 3.63) is 94.8 Å². The molecule has 4 aromatic rings. The van der Waals surface area contributed by atoms with Crippen molar-refractivity contribution in [2.45, 2.75) is 18.5 Å². The van der Waals surface area contributed by atoms with Gasteiger partial charge in [0.15, 0.2) is 24.1 Å². The van der Waals surface area contributed by atoms with E-state index in [1.807, 2.05) is 54.2 Å². The van der Waals surface area contributed by atoms with Gasteiger partial charge in [-0.25, -0.2) is 4.68 Å². The molecule has 1 amide bonds. The Kier molecular flexibility index (Phi) is 5.96. The topological polar surface area (TPSA) is 114 Å². The van der Waals surface area contributed by atoms with Crippen molar-refractivity contribution in [3.63, 3.8) is 0 Å². The Morgan fingerprint density at radius 3 is 2.45 bits per heavy atom. The van der Waals surface area contributed by atoms with Crippen molar-refractivity contribution < 1.29 is 23.5 Å². The van der Waals surface area contributed by atoms with Crippen LogP contribution in [0.2, 0.25) is 0 Å². The second-order valence-corrected chi connectivity index (χ2v) is 9.90. The normalized spacial score (nSPS) is 19.8. The Hall–Kier alpha value is -4.44. The molecule has 10 heteroatoms. The zero-order valence-corrected chi connectivity index (χ0v) is 21.3. The SMILES string of the molecule is COc1c2c(cc3c1[C@@H](c1nnnn1C(c1ccccc1)c1ccccc1)[N@@+](C)(CC(N)=O)CC3)OCO2. The number of carbonyl (C=O) groups is 1. The minimum atomic E-state index is -0.458. The van der Waals surface area contributed by atoms with Crippen LogP contribution < -0.4 is 19.9 Å².